The molecule has 6 nitrogen and oxygen atoms in total. The van der Waals surface area contributed by atoms with Crippen molar-refractivity contribution in [2.45, 2.75) is 5.22 Å². The van der Waals surface area contributed by atoms with Crippen LogP contribution in [-0.2, 0) is 4.74 Å². The van der Waals surface area contributed by atoms with Crippen molar-refractivity contribution < 1.29 is 9.15 Å². The number of ether oxygens (including phenoxy) is 1. The molecule has 0 atom stereocenters. The Morgan fingerprint density at radius 2 is 1.62 bits per heavy atom. The number of morpholine rings is 1. The van der Waals surface area contributed by atoms with E-state index in [1.54, 1.807) is 11.8 Å². The van der Waals surface area contributed by atoms with E-state index < -0.39 is 0 Å². The molecular weight excluding hydrogens is 348 g/mol. The molecule has 7 heteroatoms. The van der Waals surface area contributed by atoms with Crippen LogP contribution in [0, 0.1) is 0 Å². The number of hydrogen-bond donors (Lipinski definition) is 0. The molecule has 1 fully saturated rings. The minimum absolute atomic E-state index is 0.702. The normalized spacial score (nSPS) is 16.0. The lowest BCUT2D eigenvalue weighted by Gasteiger charge is -2.25. The van der Waals surface area contributed by atoms with Crippen LogP contribution >= 0.6 is 11.8 Å². The van der Waals surface area contributed by atoms with Crippen LogP contribution in [0.2, 0.25) is 0 Å². The van der Waals surface area contributed by atoms with Gasteiger partial charge in [0.15, 0.2) is 5.58 Å². The van der Waals surface area contributed by atoms with Gasteiger partial charge in [0.2, 0.25) is 0 Å². The van der Waals surface area contributed by atoms with Gasteiger partial charge in [-0.3, -0.25) is 4.90 Å². The van der Waals surface area contributed by atoms with E-state index in [4.69, 9.17) is 14.1 Å². The molecule has 5 rings (SSSR count). The highest BCUT2D eigenvalue weighted by atomic mass is 32.2. The molecule has 4 aromatic rings. The van der Waals surface area contributed by atoms with Gasteiger partial charge in [0.05, 0.1) is 35.3 Å². The van der Waals surface area contributed by atoms with Crippen molar-refractivity contribution in [3.05, 3.63) is 36.4 Å². The van der Waals surface area contributed by atoms with E-state index in [-0.39, 0.29) is 0 Å². The number of hydrogen-bond acceptors (Lipinski definition) is 7. The highest BCUT2D eigenvalue weighted by molar-refractivity contribution is 7.99. The van der Waals surface area contributed by atoms with Crippen molar-refractivity contribution in [3.8, 4) is 0 Å². The largest absolute Gasteiger partial charge is 0.431 e. The number of thioether (sulfide) groups is 1. The van der Waals surface area contributed by atoms with Gasteiger partial charge in [-0.25, -0.2) is 15.0 Å². The predicted molar refractivity (Wildman–Crippen MR) is 103 cm³/mol. The quantitative estimate of drug-likeness (QED) is 0.405. The van der Waals surface area contributed by atoms with Crippen molar-refractivity contribution in [1.29, 1.82) is 0 Å². The van der Waals surface area contributed by atoms with Gasteiger partial charge in [0.25, 0.3) is 5.22 Å². The predicted octanol–water partition coefficient (Wildman–Crippen LogP) is 3.35. The van der Waals surface area contributed by atoms with Crippen LogP contribution in [0.25, 0.3) is 33.2 Å². The highest BCUT2D eigenvalue weighted by Crippen LogP contribution is 2.27. The van der Waals surface area contributed by atoms with E-state index >= 15 is 0 Å². The Balaban J connectivity index is 1.39. The van der Waals surface area contributed by atoms with E-state index in [2.05, 4.69) is 14.9 Å². The van der Waals surface area contributed by atoms with E-state index in [9.17, 15) is 0 Å². The number of nitrogens with zero attached hydrogens (tertiary/aromatic N) is 4. The molecule has 1 saturated heterocycles. The molecule has 132 valence electrons. The molecule has 1 aliphatic rings. The van der Waals surface area contributed by atoms with Gasteiger partial charge in [-0.05, 0) is 18.2 Å². The lowest BCUT2D eigenvalue weighted by Crippen LogP contribution is -2.37. The van der Waals surface area contributed by atoms with E-state index in [0.29, 0.717) is 5.22 Å². The average Bonchev–Trinajstić information content (AvgIpc) is 3.06. The first-order valence-corrected chi connectivity index (χ1v) is 9.74. The fourth-order valence-electron chi connectivity index (χ4n) is 3.17. The fraction of sp³-hybridized carbons (Fsp3) is 0.316. The summed E-state index contributed by atoms with van der Waals surface area (Å²) in [5.74, 6) is 0.951. The molecule has 0 radical (unpaired) electrons. The average molecular weight is 366 g/mol. The summed E-state index contributed by atoms with van der Waals surface area (Å²) in [6.45, 7) is 4.68. The van der Waals surface area contributed by atoms with Crippen molar-refractivity contribution in [2.75, 3.05) is 38.6 Å². The Kier molecular flexibility index (Phi) is 4.20. The molecule has 2 aromatic heterocycles. The Hall–Kier alpha value is -2.22. The molecule has 1 aliphatic heterocycles. The van der Waals surface area contributed by atoms with Crippen LogP contribution in [0.4, 0.5) is 0 Å². The van der Waals surface area contributed by atoms with Gasteiger partial charge < -0.3 is 9.15 Å². The van der Waals surface area contributed by atoms with Gasteiger partial charge in [0.1, 0.15) is 5.52 Å². The third kappa shape index (κ3) is 3.13. The van der Waals surface area contributed by atoms with Crippen LogP contribution in [-0.4, -0.2) is 58.5 Å². The fourth-order valence-corrected chi connectivity index (χ4v) is 4.01. The Morgan fingerprint density at radius 1 is 0.885 bits per heavy atom. The van der Waals surface area contributed by atoms with Gasteiger partial charge >= 0.3 is 0 Å². The molecule has 0 N–H and O–H groups in total. The molecule has 0 unspecified atom stereocenters. The second kappa shape index (κ2) is 6.83. The lowest BCUT2D eigenvalue weighted by molar-refractivity contribution is 0.0410. The molecule has 26 heavy (non-hydrogen) atoms. The molecule has 3 heterocycles. The molecule has 0 saturated carbocycles. The topological polar surface area (TPSA) is 64.3 Å². The first-order valence-electron chi connectivity index (χ1n) is 8.75. The summed E-state index contributed by atoms with van der Waals surface area (Å²) < 4.78 is 11.3. The number of rotatable bonds is 4. The van der Waals surface area contributed by atoms with Crippen LogP contribution in [0.15, 0.2) is 46.0 Å². The molecular formula is C19H18N4O2S. The summed E-state index contributed by atoms with van der Waals surface area (Å²) >= 11 is 1.65. The van der Waals surface area contributed by atoms with Gasteiger partial charge in [-0.1, -0.05) is 23.9 Å². The number of benzene rings is 2. The number of oxazole rings is 1. The first kappa shape index (κ1) is 16.0. The van der Waals surface area contributed by atoms with Gasteiger partial charge in [0, 0.05) is 31.5 Å². The summed E-state index contributed by atoms with van der Waals surface area (Å²) in [6, 6.07) is 11.8. The Bertz CT molecular complexity index is 1000. The maximum Gasteiger partial charge on any atom is 0.256 e. The second-order valence-corrected chi connectivity index (χ2v) is 7.35. The smallest absolute Gasteiger partial charge is 0.256 e. The monoisotopic (exact) mass is 366 g/mol. The van der Waals surface area contributed by atoms with Gasteiger partial charge in [-0.15, -0.1) is 0 Å². The minimum Gasteiger partial charge on any atom is -0.431 e. The van der Waals surface area contributed by atoms with Crippen molar-refractivity contribution in [3.63, 3.8) is 0 Å². The third-order valence-electron chi connectivity index (χ3n) is 4.57. The Labute approximate surface area is 154 Å². The van der Waals surface area contributed by atoms with E-state index in [1.165, 1.54) is 0 Å². The second-order valence-electron chi connectivity index (χ2n) is 6.30. The van der Waals surface area contributed by atoms with Crippen LogP contribution in [0.1, 0.15) is 0 Å². The SMILES string of the molecule is c1ccc2nc3cc4oc(SCCN5CCOCC5)nc4cc3nc2c1. The molecule has 2 aromatic carbocycles. The summed E-state index contributed by atoms with van der Waals surface area (Å²) in [6.07, 6.45) is 0. The number of fused-ring (bicyclic) bond motifs is 3. The minimum atomic E-state index is 0.702. The van der Waals surface area contributed by atoms with Crippen LogP contribution in [0.5, 0.6) is 0 Å². The van der Waals surface area contributed by atoms with Gasteiger partial charge in [-0.2, -0.15) is 0 Å². The van der Waals surface area contributed by atoms with Crippen molar-refractivity contribution in [1.82, 2.24) is 19.9 Å². The number of para-hydroxylation sites is 2. The maximum absolute atomic E-state index is 5.92. The maximum atomic E-state index is 5.92. The standard InChI is InChI=1S/C19H18N4O2S/c1-2-4-14-13(3-1)20-15-11-17-18(12-16(15)21-14)25-19(22-17)26-10-7-23-5-8-24-9-6-23/h1-4,11-12H,5-10H2. The third-order valence-corrected chi connectivity index (χ3v) is 5.37. The lowest BCUT2D eigenvalue weighted by atomic mass is 10.2. The van der Waals surface area contributed by atoms with E-state index in [0.717, 1.165) is 71.8 Å². The molecule has 0 amide bonds. The van der Waals surface area contributed by atoms with Crippen molar-refractivity contribution >= 4 is 44.9 Å². The zero-order valence-electron chi connectivity index (χ0n) is 14.2. The van der Waals surface area contributed by atoms with Crippen LogP contribution in [0.3, 0.4) is 0 Å². The summed E-state index contributed by atoms with van der Waals surface area (Å²) in [7, 11) is 0. The summed E-state index contributed by atoms with van der Waals surface area (Å²) in [5, 5.41) is 0.702. The van der Waals surface area contributed by atoms with Crippen LogP contribution < -0.4 is 0 Å². The summed E-state index contributed by atoms with van der Waals surface area (Å²) in [4.78, 5) is 16.4. The molecule has 0 aliphatic carbocycles. The summed E-state index contributed by atoms with van der Waals surface area (Å²) in [5.41, 5.74) is 5.04. The Morgan fingerprint density at radius 3 is 2.38 bits per heavy atom. The molecule has 0 spiro atoms. The number of aromatic nitrogens is 3. The van der Waals surface area contributed by atoms with Crippen molar-refractivity contribution in [2.24, 2.45) is 0 Å². The zero-order chi connectivity index (χ0) is 17.3. The molecule has 0 bridgehead atoms. The highest BCUT2D eigenvalue weighted by Gasteiger charge is 2.13. The first-order chi connectivity index (χ1) is 12.8. The van der Waals surface area contributed by atoms with E-state index in [1.807, 2.05) is 36.4 Å². The zero-order valence-corrected chi connectivity index (χ0v) is 15.0.